The number of carbonyl (C=O) groups excluding carboxylic acids is 2. The number of carboxylic acids is 1. The number of anilines is 1. The Bertz CT molecular complexity index is 1300. The average molecular weight is 563 g/mol. The summed E-state index contributed by atoms with van der Waals surface area (Å²) in [5.74, 6) is -1.40. The van der Waals surface area contributed by atoms with E-state index in [2.05, 4.69) is 0 Å². The summed E-state index contributed by atoms with van der Waals surface area (Å²) in [6.45, 7) is 5.22. The molecule has 1 fully saturated rings. The molecule has 0 saturated heterocycles. The summed E-state index contributed by atoms with van der Waals surface area (Å²) in [4.78, 5) is 40.0. The van der Waals surface area contributed by atoms with E-state index in [0.717, 1.165) is 29.4 Å². The van der Waals surface area contributed by atoms with Gasteiger partial charge in [0.05, 0.1) is 12.0 Å². The number of amides is 2. The van der Waals surface area contributed by atoms with Crippen LogP contribution < -0.4 is 9.64 Å². The summed E-state index contributed by atoms with van der Waals surface area (Å²) in [6.07, 6.45) is -3.85. The van der Waals surface area contributed by atoms with Crippen LogP contribution in [-0.2, 0) is 33.5 Å². The minimum absolute atomic E-state index is 0.0343. The number of aliphatic carboxylic acids is 1. The van der Waals surface area contributed by atoms with Gasteiger partial charge in [0, 0.05) is 19.3 Å². The summed E-state index contributed by atoms with van der Waals surface area (Å²) in [5, 5.41) is 9.40. The highest BCUT2D eigenvalue weighted by molar-refractivity contribution is 6.01. The van der Waals surface area contributed by atoms with E-state index >= 15 is 0 Å². The van der Waals surface area contributed by atoms with Crippen molar-refractivity contribution < 1.29 is 42.1 Å². The molecule has 1 atom stereocenters. The maximum absolute atomic E-state index is 13.6. The number of hydrogen-bond acceptors (Lipinski definition) is 5. The van der Waals surface area contributed by atoms with Crippen LogP contribution >= 0.6 is 0 Å². The van der Waals surface area contributed by atoms with E-state index in [9.17, 15) is 32.7 Å². The maximum atomic E-state index is 13.6. The van der Waals surface area contributed by atoms with Crippen molar-refractivity contribution in [1.29, 1.82) is 0 Å². The van der Waals surface area contributed by atoms with Crippen LogP contribution in [0.4, 0.5) is 23.7 Å². The second-order valence-corrected chi connectivity index (χ2v) is 11.2. The van der Waals surface area contributed by atoms with Crippen molar-refractivity contribution in [1.82, 2.24) is 4.90 Å². The third-order valence-corrected chi connectivity index (χ3v) is 6.86. The standard InChI is InChI=1S/C29H33F3N2O6/c1-28(2,3)40-27(38)33(4)24(15-25(35)36)26(37)34-12-11-19-14-20(8-10-23(19)34)39-16-17-5-9-21(18-6-7-18)22(13-17)29(30,31)32/h5,8-10,13-14,18,24H,6-7,11-12,15-16H2,1-4H3,(H,35,36)/t24-/m1/s1. The van der Waals surface area contributed by atoms with Crippen molar-refractivity contribution in [2.24, 2.45) is 0 Å². The number of hydrogen-bond donors (Lipinski definition) is 1. The quantitative estimate of drug-likeness (QED) is 0.440. The number of ether oxygens (including phenoxy) is 2. The van der Waals surface area contributed by atoms with Crippen molar-refractivity contribution in [2.45, 2.75) is 76.8 Å². The predicted octanol–water partition coefficient (Wildman–Crippen LogP) is 5.76. The molecule has 2 aliphatic rings. The highest BCUT2D eigenvalue weighted by atomic mass is 19.4. The van der Waals surface area contributed by atoms with E-state index in [1.807, 2.05) is 0 Å². The molecule has 0 bridgehead atoms. The fourth-order valence-electron chi connectivity index (χ4n) is 4.75. The number of rotatable bonds is 8. The van der Waals surface area contributed by atoms with Crippen LogP contribution in [0.3, 0.4) is 0 Å². The highest BCUT2D eigenvalue weighted by Crippen LogP contribution is 2.46. The average Bonchev–Trinajstić information content (AvgIpc) is 3.62. The fourth-order valence-corrected chi connectivity index (χ4v) is 4.75. The Balaban J connectivity index is 1.47. The summed E-state index contributed by atoms with van der Waals surface area (Å²) in [6, 6.07) is 8.03. The smallest absolute Gasteiger partial charge is 0.416 e. The van der Waals surface area contributed by atoms with Crippen LogP contribution in [-0.4, -0.2) is 53.2 Å². The van der Waals surface area contributed by atoms with Crippen LogP contribution in [0.15, 0.2) is 36.4 Å². The second-order valence-electron chi connectivity index (χ2n) is 11.2. The van der Waals surface area contributed by atoms with Crippen LogP contribution in [0.25, 0.3) is 0 Å². The molecule has 1 aliphatic carbocycles. The molecule has 0 aromatic heterocycles. The molecule has 2 aromatic rings. The molecule has 2 aromatic carbocycles. The first-order valence-corrected chi connectivity index (χ1v) is 13.1. The van der Waals surface area contributed by atoms with Crippen LogP contribution in [0.5, 0.6) is 5.75 Å². The first-order chi connectivity index (χ1) is 18.6. The zero-order valence-electron chi connectivity index (χ0n) is 22.9. The van der Waals surface area contributed by atoms with Crippen molar-refractivity contribution in [3.8, 4) is 5.75 Å². The van der Waals surface area contributed by atoms with Gasteiger partial charge in [-0.05, 0) is 86.9 Å². The van der Waals surface area contributed by atoms with E-state index in [1.54, 1.807) is 45.0 Å². The van der Waals surface area contributed by atoms with Gasteiger partial charge >= 0.3 is 18.2 Å². The number of fused-ring (bicyclic) bond motifs is 1. The predicted molar refractivity (Wildman–Crippen MR) is 140 cm³/mol. The first-order valence-electron chi connectivity index (χ1n) is 13.1. The third kappa shape index (κ3) is 6.86. The van der Waals surface area contributed by atoms with Gasteiger partial charge in [0.15, 0.2) is 0 Å². The van der Waals surface area contributed by atoms with Crippen LogP contribution in [0, 0.1) is 0 Å². The maximum Gasteiger partial charge on any atom is 0.416 e. The third-order valence-electron chi connectivity index (χ3n) is 6.86. The van der Waals surface area contributed by atoms with Crippen LogP contribution in [0.2, 0.25) is 0 Å². The lowest BCUT2D eigenvalue weighted by Crippen LogP contribution is -2.51. The Morgan fingerprint density at radius 3 is 2.40 bits per heavy atom. The number of carboxylic acid groups (broad SMARTS) is 1. The molecule has 1 heterocycles. The van der Waals surface area contributed by atoms with Gasteiger partial charge in [-0.1, -0.05) is 12.1 Å². The monoisotopic (exact) mass is 562 g/mol. The van der Waals surface area contributed by atoms with Crippen molar-refractivity contribution in [2.75, 3.05) is 18.5 Å². The Labute approximate surface area is 230 Å². The molecule has 0 radical (unpaired) electrons. The number of alkyl halides is 3. The zero-order chi connectivity index (χ0) is 29.4. The molecule has 11 heteroatoms. The van der Waals surface area contributed by atoms with Gasteiger partial charge in [-0.2, -0.15) is 13.2 Å². The van der Waals surface area contributed by atoms with Crippen molar-refractivity contribution >= 4 is 23.7 Å². The number of carbonyl (C=O) groups is 3. The van der Waals surface area contributed by atoms with Gasteiger partial charge in [-0.25, -0.2) is 4.79 Å². The summed E-state index contributed by atoms with van der Waals surface area (Å²) in [5.41, 5.74) is 0.601. The van der Waals surface area contributed by atoms with E-state index in [1.165, 1.54) is 18.0 Å². The SMILES string of the molecule is CN(C(=O)OC(C)(C)C)[C@H](CC(=O)O)C(=O)N1CCc2cc(OCc3ccc(C4CC4)c(C(F)(F)F)c3)ccc21. The molecule has 216 valence electrons. The molecule has 40 heavy (non-hydrogen) atoms. The largest absolute Gasteiger partial charge is 0.489 e. The van der Waals surface area contributed by atoms with E-state index in [4.69, 9.17) is 9.47 Å². The Hall–Kier alpha value is -3.76. The molecule has 1 N–H and O–H groups in total. The number of halogens is 3. The lowest BCUT2D eigenvalue weighted by atomic mass is 10.00. The lowest BCUT2D eigenvalue weighted by Gasteiger charge is -2.31. The molecule has 2 amide bonds. The second kappa shape index (κ2) is 11.0. The zero-order valence-corrected chi connectivity index (χ0v) is 22.9. The van der Waals surface area contributed by atoms with Crippen molar-refractivity contribution in [3.05, 3.63) is 58.7 Å². The van der Waals surface area contributed by atoms with Gasteiger partial charge < -0.3 is 19.5 Å². The van der Waals surface area contributed by atoms with Crippen molar-refractivity contribution in [3.63, 3.8) is 0 Å². The van der Waals surface area contributed by atoms with E-state index in [0.29, 0.717) is 29.0 Å². The molecule has 8 nitrogen and oxygen atoms in total. The minimum atomic E-state index is -4.44. The lowest BCUT2D eigenvalue weighted by molar-refractivity contribution is -0.141. The molecule has 1 aliphatic heterocycles. The first kappa shape index (κ1) is 29.2. The van der Waals surface area contributed by atoms with Gasteiger partial charge in [-0.3, -0.25) is 14.5 Å². The Morgan fingerprint density at radius 1 is 1.10 bits per heavy atom. The van der Waals surface area contributed by atoms with Gasteiger partial charge in [0.1, 0.15) is 24.0 Å². The highest BCUT2D eigenvalue weighted by Gasteiger charge is 2.39. The molecular formula is C29H33F3N2O6. The molecule has 1 saturated carbocycles. The number of benzene rings is 2. The topological polar surface area (TPSA) is 96.4 Å². The number of likely N-dealkylation sites (N-methyl/N-ethyl adjacent to an activating group) is 1. The van der Waals surface area contributed by atoms with E-state index in [-0.39, 0.29) is 19.1 Å². The molecule has 0 unspecified atom stereocenters. The fraction of sp³-hybridized carbons (Fsp3) is 0.483. The summed E-state index contributed by atoms with van der Waals surface area (Å²) < 4.78 is 51.9. The van der Waals surface area contributed by atoms with E-state index < -0.39 is 47.8 Å². The summed E-state index contributed by atoms with van der Waals surface area (Å²) >= 11 is 0. The molecular weight excluding hydrogens is 529 g/mol. The van der Waals surface area contributed by atoms with Gasteiger partial charge in [-0.15, -0.1) is 0 Å². The molecule has 0 spiro atoms. The summed E-state index contributed by atoms with van der Waals surface area (Å²) in [7, 11) is 1.33. The van der Waals surface area contributed by atoms with Gasteiger partial charge in [0.25, 0.3) is 5.91 Å². The number of nitrogens with zero attached hydrogens (tertiary/aromatic N) is 2. The molecule has 4 rings (SSSR count). The minimum Gasteiger partial charge on any atom is -0.489 e. The Morgan fingerprint density at radius 2 is 1.80 bits per heavy atom. The Kier molecular flexibility index (Phi) is 8.05. The van der Waals surface area contributed by atoms with Crippen LogP contribution in [0.1, 0.15) is 68.2 Å². The normalized spacial score (nSPS) is 15.8. The van der Waals surface area contributed by atoms with Gasteiger partial charge in [0.2, 0.25) is 0 Å².